The Morgan fingerprint density at radius 3 is 1.37 bits per heavy atom. The van der Waals surface area contributed by atoms with Gasteiger partial charge in [-0.1, -0.05) is 64.2 Å². The third-order valence-corrected chi connectivity index (χ3v) is 16.2. The molecule has 0 spiro atoms. The fraction of sp³-hybridized carbons (Fsp3) is 0.607. The third kappa shape index (κ3) is 18.4. The molecule has 0 amide bonds. The number of hydrogen-bond acceptors (Lipinski definition) is 18. The predicted octanol–water partition coefficient (Wildman–Crippen LogP) is 9.82. The smallest absolute Gasteiger partial charge is 0.870 e. The van der Waals surface area contributed by atoms with E-state index in [0.29, 0.717) is 43.6 Å². The van der Waals surface area contributed by atoms with Gasteiger partial charge in [-0.15, -0.1) is 0 Å². The summed E-state index contributed by atoms with van der Waals surface area (Å²) in [5.74, 6) is 3.57. The van der Waals surface area contributed by atoms with Crippen molar-refractivity contribution < 1.29 is 62.7 Å². The number of ether oxygens (including phenoxy) is 5. The van der Waals surface area contributed by atoms with Crippen LogP contribution in [0.15, 0.2) is 61.2 Å². The number of imidazole rings is 2. The number of hydrogen-bond donors (Lipinski definition) is 3. The van der Waals surface area contributed by atoms with Crippen molar-refractivity contribution in [2.45, 2.75) is 191 Å². The summed E-state index contributed by atoms with van der Waals surface area (Å²) in [6.45, 7) is 2.78. The molecule has 21 nitrogen and oxygen atoms in total. The molecule has 83 heavy (non-hydrogen) atoms. The molecule has 4 fully saturated rings. The summed E-state index contributed by atoms with van der Waals surface area (Å²) in [7, 11) is 5.71. The summed E-state index contributed by atoms with van der Waals surface area (Å²) < 4.78 is 32.8. The van der Waals surface area contributed by atoms with Crippen LogP contribution in [0.5, 0.6) is 11.5 Å². The molecule has 0 bridgehead atoms. The van der Waals surface area contributed by atoms with Crippen molar-refractivity contribution in [3.8, 4) is 11.5 Å². The molecule has 2 atom stereocenters. The van der Waals surface area contributed by atoms with E-state index >= 15 is 0 Å². The molecule has 4 aromatic heterocycles. The van der Waals surface area contributed by atoms with Crippen molar-refractivity contribution in [1.82, 2.24) is 39.0 Å². The van der Waals surface area contributed by atoms with Crippen LogP contribution >= 0.6 is 0 Å². The number of unbranched alkanes of at least 4 members (excludes halogenated alkanes) is 6. The van der Waals surface area contributed by atoms with Gasteiger partial charge in [0.1, 0.15) is 24.0 Å². The van der Waals surface area contributed by atoms with Crippen LogP contribution in [0.25, 0.3) is 22.3 Å². The number of nitrogens with one attached hydrogen (secondary N) is 2. The van der Waals surface area contributed by atoms with Gasteiger partial charge in [0.15, 0.2) is 34.0 Å². The van der Waals surface area contributed by atoms with Crippen LogP contribution in [0.1, 0.15) is 179 Å². The van der Waals surface area contributed by atoms with E-state index < -0.39 is 5.97 Å². The van der Waals surface area contributed by atoms with Gasteiger partial charge >= 0.3 is 30.8 Å². The van der Waals surface area contributed by atoms with Crippen LogP contribution in [0.2, 0.25) is 0 Å². The van der Waals surface area contributed by atoms with Gasteiger partial charge < -0.3 is 54.7 Å². The first-order chi connectivity index (χ1) is 39.7. The first kappa shape index (κ1) is 64.3. The SMILES string of the molecule is CN(c1nc(Nc2ccc(OCCCCCCC(=O)O)cc2)nc2c1ncn2C1CCCCO1)C1CCCCC1.COC(=O)CCCCCCOc1ccc(Nc2nc(N(C)C3CCCCC3)c3ncn(C4CCCCO4)c3n2)cc1.[Li+].[OH-]. The van der Waals surface area contributed by atoms with Crippen molar-refractivity contribution in [3.63, 3.8) is 0 Å². The van der Waals surface area contributed by atoms with Gasteiger partial charge in [-0.05, 0) is 138 Å². The molecule has 4 aliphatic rings. The van der Waals surface area contributed by atoms with E-state index in [1.807, 2.05) is 61.2 Å². The van der Waals surface area contributed by atoms with Crippen molar-refractivity contribution >= 4 is 69.2 Å². The van der Waals surface area contributed by atoms with Crippen LogP contribution in [-0.4, -0.2) is 121 Å². The summed E-state index contributed by atoms with van der Waals surface area (Å²) in [6, 6.07) is 16.7. The largest absolute Gasteiger partial charge is 1.00 e. The Bertz CT molecular complexity index is 2890. The first-order valence-electron chi connectivity index (χ1n) is 30.2. The van der Waals surface area contributed by atoms with Gasteiger partial charge in [0.25, 0.3) is 0 Å². The van der Waals surface area contributed by atoms with Crippen LogP contribution < -0.4 is 48.8 Å². The molecule has 446 valence electrons. The van der Waals surface area contributed by atoms with E-state index in [9.17, 15) is 9.59 Å². The molecule has 22 heteroatoms. The predicted molar refractivity (Wildman–Crippen MR) is 317 cm³/mol. The number of aromatic nitrogens is 8. The van der Waals surface area contributed by atoms with Crippen molar-refractivity contribution in [3.05, 3.63) is 61.2 Å². The Morgan fingerprint density at radius 1 is 0.566 bits per heavy atom. The normalized spacial score (nSPS) is 17.5. The minimum Gasteiger partial charge on any atom is -0.870 e. The second kappa shape index (κ2) is 33.3. The number of carboxylic acids is 1. The summed E-state index contributed by atoms with van der Waals surface area (Å²) >= 11 is 0. The number of carboxylic acid groups (broad SMARTS) is 1. The average molecular weight is 1140 g/mol. The topological polar surface area (TPSA) is 248 Å². The maximum atomic E-state index is 11.2. The fourth-order valence-corrected chi connectivity index (χ4v) is 11.5. The van der Waals surface area contributed by atoms with Crippen molar-refractivity contribution in [2.24, 2.45) is 0 Å². The second-order valence-corrected chi connectivity index (χ2v) is 22.1. The first-order valence-corrected chi connectivity index (χ1v) is 30.2. The van der Waals surface area contributed by atoms with Crippen LogP contribution in [0.3, 0.4) is 0 Å². The molecular weight excluding hydrogens is 1050 g/mol. The molecule has 10 rings (SSSR count). The Hall–Kier alpha value is -6.24. The van der Waals surface area contributed by atoms with Gasteiger partial charge in [0.05, 0.1) is 33.0 Å². The number of benzene rings is 2. The maximum Gasteiger partial charge on any atom is 1.00 e. The fourth-order valence-electron chi connectivity index (χ4n) is 11.5. The molecule has 6 heterocycles. The molecule has 2 aromatic carbocycles. The van der Waals surface area contributed by atoms with E-state index in [0.717, 1.165) is 160 Å². The number of fused-ring (bicyclic) bond motifs is 2. The van der Waals surface area contributed by atoms with E-state index in [1.54, 1.807) is 0 Å². The third-order valence-electron chi connectivity index (χ3n) is 16.2. The quantitative estimate of drug-likeness (QED) is 0.0260. The number of carbonyl (C=O) groups is 2. The van der Waals surface area contributed by atoms with Gasteiger partial charge in [-0.3, -0.25) is 18.7 Å². The molecule has 2 saturated carbocycles. The Labute approximate surface area is 500 Å². The summed E-state index contributed by atoms with van der Waals surface area (Å²) in [5.41, 5.74) is 5.02. The van der Waals surface area contributed by atoms with Crippen LogP contribution in [0.4, 0.5) is 34.9 Å². The molecule has 2 aliphatic heterocycles. The van der Waals surface area contributed by atoms with E-state index in [-0.39, 0.29) is 49.2 Å². The number of rotatable bonds is 26. The molecule has 4 N–H and O–H groups in total. The van der Waals surface area contributed by atoms with E-state index in [2.05, 4.69) is 48.4 Å². The number of esters is 1. The number of aliphatic carboxylic acids is 1. The molecule has 2 unspecified atom stereocenters. The standard InChI is InChI=1S/C31H44N6O4.C30H42N6O4.Li.H2O/c1-36(24-12-6-5-7-13-24)29-28-30(37(22-32-28)26-14-9-11-21-41-26)35-31(34-29)33-23-16-18-25(19-17-23)40-20-10-4-3-8-15-27(38)39-2;1-35(23-11-5-4-6-12-23)28-27-29(36(21-31-27)25-13-8-10-20-40-25)34-30(33-28)32-22-15-17-24(18-16-22)39-19-9-3-2-7-14-26(37)38;;/h16-19,22,24,26H,3-15,20-21H2,1-2H3,(H,33,34,35);15-18,21,23,25H,2-14,19-20H2,1H3,(H,37,38)(H,32,33,34);;1H2/q;;+1;/p-1. The minimum absolute atomic E-state index is 0. The minimum atomic E-state index is -0.730. The zero-order valence-electron chi connectivity index (χ0n) is 49.5. The summed E-state index contributed by atoms with van der Waals surface area (Å²) in [6.07, 6.45) is 30.3. The van der Waals surface area contributed by atoms with Crippen molar-refractivity contribution in [2.75, 3.05) is 68.1 Å². The van der Waals surface area contributed by atoms with Gasteiger partial charge in [-0.25, -0.2) is 9.97 Å². The average Bonchev–Trinajstić information content (AvgIpc) is 4.38. The Kier molecular flexibility index (Phi) is 25.8. The molecule has 6 aromatic rings. The van der Waals surface area contributed by atoms with Gasteiger partial charge in [0.2, 0.25) is 11.9 Å². The Morgan fingerprint density at radius 2 is 0.976 bits per heavy atom. The molecule has 2 saturated heterocycles. The summed E-state index contributed by atoms with van der Waals surface area (Å²) in [4.78, 5) is 55.8. The van der Waals surface area contributed by atoms with Crippen molar-refractivity contribution in [1.29, 1.82) is 0 Å². The van der Waals surface area contributed by atoms with Gasteiger partial charge in [0, 0.05) is 63.6 Å². The number of methoxy groups -OCH3 is 1. The van der Waals surface area contributed by atoms with Crippen LogP contribution in [0, 0.1) is 0 Å². The maximum absolute atomic E-state index is 11.2. The van der Waals surface area contributed by atoms with Crippen LogP contribution in [-0.2, 0) is 23.8 Å². The summed E-state index contributed by atoms with van der Waals surface area (Å²) in [5, 5.41) is 15.6. The second-order valence-electron chi connectivity index (χ2n) is 22.1. The van der Waals surface area contributed by atoms with E-state index in [4.69, 9.17) is 54.0 Å². The molecule has 2 aliphatic carbocycles. The zero-order valence-corrected chi connectivity index (χ0v) is 49.5. The number of nitrogens with zero attached hydrogens (tertiary/aromatic N) is 10. The van der Waals surface area contributed by atoms with Gasteiger partial charge in [-0.2, -0.15) is 19.9 Å². The number of carbonyl (C=O) groups excluding carboxylic acids is 1. The monoisotopic (exact) mass is 1140 g/mol. The Balaban J connectivity index is 0.000000233. The van der Waals surface area contributed by atoms with E-state index in [1.165, 1.54) is 71.3 Å². The molecular formula is C61H87LiN12O9. The zero-order chi connectivity index (χ0) is 56.2. The number of anilines is 6. The molecule has 0 radical (unpaired) electrons.